The second-order valence-electron chi connectivity index (χ2n) is 4.74. The van der Waals surface area contributed by atoms with E-state index in [0.29, 0.717) is 12.8 Å². The lowest BCUT2D eigenvalue weighted by Gasteiger charge is -2.09. The van der Waals surface area contributed by atoms with Crippen molar-refractivity contribution in [2.24, 2.45) is 5.92 Å². The van der Waals surface area contributed by atoms with Crippen LogP contribution in [0.25, 0.3) is 0 Å². The lowest BCUT2D eigenvalue weighted by atomic mass is 9.96. The predicted molar refractivity (Wildman–Crippen MR) is 86.9 cm³/mol. The maximum Gasteiger partial charge on any atom is 0.307 e. The summed E-state index contributed by atoms with van der Waals surface area (Å²) in [6.07, 6.45) is 0.828. The number of aliphatic carboxylic acids is 1. The van der Waals surface area contributed by atoms with E-state index in [4.69, 9.17) is 0 Å². The second-order valence-corrected chi connectivity index (χ2v) is 5.66. The molecular formula is C18H15BrO2. The summed E-state index contributed by atoms with van der Waals surface area (Å²) in [6, 6.07) is 17.3. The van der Waals surface area contributed by atoms with Crippen LogP contribution in [0.3, 0.4) is 0 Å². The van der Waals surface area contributed by atoms with Gasteiger partial charge in [-0.15, -0.1) is 0 Å². The van der Waals surface area contributed by atoms with Gasteiger partial charge in [0.05, 0.1) is 5.92 Å². The summed E-state index contributed by atoms with van der Waals surface area (Å²) in [7, 11) is 0. The SMILES string of the molecule is O=C(O)C(CC#Cc1ccccc1)Cc1cccc(Br)c1. The molecule has 2 nitrogen and oxygen atoms in total. The third kappa shape index (κ3) is 5.09. The van der Waals surface area contributed by atoms with Crippen molar-refractivity contribution in [3.63, 3.8) is 0 Å². The molecule has 0 aliphatic carbocycles. The van der Waals surface area contributed by atoms with Crippen LogP contribution < -0.4 is 0 Å². The van der Waals surface area contributed by atoms with Crippen LogP contribution in [-0.4, -0.2) is 11.1 Å². The molecule has 0 radical (unpaired) electrons. The number of carboxylic acids is 1. The molecule has 3 heteroatoms. The lowest BCUT2D eigenvalue weighted by Crippen LogP contribution is -2.15. The van der Waals surface area contributed by atoms with Crippen molar-refractivity contribution in [1.29, 1.82) is 0 Å². The Kier molecular flexibility index (Phi) is 5.59. The third-order valence-electron chi connectivity index (χ3n) is 3.08. The van der Waals surface area contributed by atoms with Gasteiger partial charge in [-0.1, -0.05) is 58.1 Å². The highest BCUT2D eigenvalue weighted by molar-refractivity contribution is 9.10. The number of benzene rings is 2. The fourth-order valence-corrected chi connectivity index (χ4v) is 2.44. The largest absolute Gasteiger partial charge is 0.481 e. The van der Waals surface area contributed by atoms with Crippen molar-refractivity contribution in [3.05, 3.63) is 70.2 Å². The zero-order chi connectivity index (χ0) is 15.1. The van der Waals surface area contributed by atoms with Crippen molar-refractivity contribution in [3.8, 4) is 11.8 Å². The molecule has 1 unspecified atom stereocenters. The third-order valence-corrected chi connectivity index (χ3v) is 3.57. The summed E-state index contributed by atoms with van der Waals surface area (Å²) in [5, 5.41) is 9.32. The fraction of sp³-hybridized carbons (Fsp3) is 0.167. The molecular weight excluding hydrogens is 328 g/mol. The quantitative estimate of drug-likeness (QED) is 0.848. The number of rotatable bonds is 4. The van der Waals surface area contributed by atoms with Crippen LogP contribution >= 0.6 is 15.9 Å². The average molecular weight is 343 g/mol. The predicted octanol–water partition coefficient (Wildman–Crippen LogP) is 4.13. The van der Waals surface area contributed by atoms with Gasteiger partial charge in [-0.3, -0.25) is 4.79 Å². The summed E-state index contributed by atoms with van der Waals surface area (Å²) < 4.78 is 0.958. The Morgan fingerprint density at radius 3 is 2.57 bits per heavy atom. The minimum absolute atomic E-state index is 0.344. The highest BCUT2D eigenvalue weighted by Crippen LogP contribution is 2.17. The van der Waals surface area contributed by atoms with Crippen LogP contribution in [0.5, 0.6) is 0 Å². The normalized spacial score (nSPS) is 11.3. The van der Waals surface area contributed by atoms with E-state index in [1.165, 1.54) is 0 Å². The highest BCUT2D eigenvalue weighted by atomic mass is 79.9. The van der Waals surface area contributed by atoms with E-state index < -0.39 is 11.9 Å². The maximum absolute atomic E-state index is 11.4. The summed E-state index contributed by atoms with van der Waals surface area (Å²) in [4.78, 5) is 11.4. The number of carbonyl (C=O) groups is 1. The maximum atomic E-state index is 11.4. The molecule has 0 amide bonds. The van der Waals surface area contributed by atoms with Crippen LogP contribution in [0, 0.1) is 17.8 Å². The van der Waals surface area contributed by atoms with Crippen molar-refractivity contribution in [1.82, 2.24) is 0 Å². The second kappa shape index (κ2) is 7.66. The molecule has 2 aromatic rings. The van der Waals surface area contributed by atoms with Gasteiger partial charge in [0, 0.05) is 16.5 Å². The van der Waals surface area contributed by atoms with Crippen molar-refractivity contribution in [2.75, 3.05) is 0 Å². The first-order chi connectivity index (χ1) is 10.1. The Morgan fingerprint density at radius 1 is 1.14 bits per heavy atom. The molecule has 21 heavy (non-hydrogen) atoms. The molecule has 0 spiro atoms. The van der Waals surface area contributed by atoms with Gasteiger partial charge in [-0.2, -0.15) is 0 Å². The van der Waals surface area contributed by atoms with Gasteiger partial charge in [0.25, 0.3) is 0 Å². The van der Waals surface area contributed by atoms with E-state index in [-0.39, 0.29) is 0 Å². The number of halogens is 1. The van der Waals surface area contributed by atoms with E-state index in [9.17, 15) is 9.90 Å². The highest BCUT2D eigenvalue weighted by Gasteiger charge is 2.16. The zero-order valence-electron chi connectivity index (χ0n) is 11.4. The summed E-state index contributed by atoms with van der Waals surface area (Å²) in [6.45, 7) is 0. The zero-order valence-corrected chi connectivity index (χ0v) is 13.0. The van der Waals surface area contributed by atoms with Gasteiger partial charge in [0.15, 0.2) is 0 Å². The number of hydrogen-bond donors (Lipinski definition) is 1. The summed E-state index contributed by atoms with van der Waals surface area (Å²) in [5.74, 6) is 4.68. The molecule has 0 aliphatic heterocycles. The smallest absolute Gasteiger partial charge is 0.307 e. The molecule has 0 fully saturated rings. The van der Waals surface area contributed by atoms with E-state index >= 15 is 0 Å². The topological polar surface area (TPSA) is 37.3 Å². The van der Waals surface area contributed by atoms with Gasteiger partial charge in [-0.05, 0) is 36.2 Å². The molecule has 2 rings (SSSR count). The van der Waals surface area contributed by atoms with Crippen molar-refractivity contribution in [2.45, 2.75) is 12.8 Å². The van der Waals surface area contributed by atoms with Crippen LogP contribution in [0.2, 0.25) is 0 Å². The van der Waals surface area contributed by atoms with Crippen LogP contribution in [0.4, 0.5) is 0 Å². The Morgan fingerprint density at radius 2 is 1.90 bits per heavy atom. The minimum atomic E-state index is -0.808. The molecule has 0 aliphatic rings. The first-order valence-electron chi connectivity index (χ1n) is 6.66. The van der Waals surface area contributed by atoms with Crippen LogP contribution in [0.15, 0.2) is 59.1 Å². The van der Waals surface area contributed by atoms with E-state index in [0.717, 1.165) is 15.6 Å². The molecule has 0 saturated carbocycles. The monoisotopic (exact) mass is 342 g/mol. The van der Waals surface area contributed by atoms with E-state index in [1.807, 2.05) is 54.6 Å². The summed E-state index contributed by atoms with van der Waals surface area (Å²) >= 11 is 3.40. The van der Waals surface area contributed by atoms with Gasteiger partial charge in [0.2, 0.25) is 0 Å². The van der Waals surface area contributed by atoms with E-state index in [1.54, 1.807) is 0 Å². The van der Waals surface area contributed by atoms with E-state index in [2.05, 4.69) is 27.8 Å². The molecule has 1 N–H and O–H groups in total. The number of carboxylic acid groups (broad SMARTS) is 1. The molecule has 0 heterocycles. The molecule has 1 atom stereocenters. The lowest BCUT2D eigenvalue weighted by molar-refractivity contribution is -0.141. The molecule has 0 aromatic heterocycles. The molecule has 2 aromatic carbocycles. The van der Waals surface area contributed by atoms with Gasteiger partial charge < -0.3 is 5.11 Å². The van der Waals surface area contributed by atoms with Crippen LogP contribution in [-0.2, 0) is 11.2 Å². The van der Waals surface area contributed by atoms with Gasteiger partial charge in [0.1, 0.15) is 0 Å². The van der Waals surface area contributed by atoms with Crippen LogP contribution in [0.1, 0.15) is 17.5 Å². The Balaban J connectivity index is 2.03. The standard InChI is InChI=1S/C18H15BrO2/c19-17-11-5-9-15(13-17)12-16(18(20)21)10-4-8-14-6-2-1-3-7-14/h1-3,5-7,9,11,13,16H,10,12H2,(H,20,21). The average Bonchev–Trinajstić information content (AvgIpc) is 2.47. The van der Waals surface area contributed by atoms with Crippen molar-refractivity contribution < 1.29 is 9.90 Å². The first-order valence-corrected chi connectivity index (χ1v) is 7.45. The molecule has 0 bridgehead atoms. The Labute approximate surface area is 133 Å². The molecule has 106 valence electrons. The van der Waals surface area contributed by atoms with Gasteiger partial charge >= 0.3 is 5.97 Å². The minimum Gasteiger partial charge on any atom is -0.481 e. The Hall–Kier alpha value is -2.05. The van der Waals surface area contributed by atoms with Crippen molar-refractivity contribution >= 4 is 21.9 Å². The Bertz CT molecular complexity index is 668. The molecule has 0 saturated heterocycles. The fourth-order valence-electron chi connectivity index (χ4n) is 1.99. The number of hydrogen-bond acceptors (Lipinski definition) is 1. The summed E-state index contributed by atoms with van der Waals surface area (Å²) in [5.41, 5.74) is 1.90. The first kappa shape index (κ1) is 15.3. The van der Waals surface area contributed by atoms with Gasteiger partial charge in [-0.25, -0.2) is 0 Å².